The van der Waals surface area contributed by atoms with Crippen molar-refractivity contribution in [3.63, 3.8) is 0 Å². The number of rotatable bonds is 5. The Hall–Kier alpha value is -1.20. The maximum Gasteiger partial charge on any atom is 0.225 e. The van der Waals surface area contributed by atoms with Gasteiger partial charge in [-0.3, -0.25) is 4.90 Å². The van der Waals surface area contributed by atoms with Crippen molar-refractivity contribution in [1.82, 2.24) is 19.8 Å². The van der Waals surface area contributed by atoms with E-state index in [4.69, 9.17) is 9.97 Å². The zero-order valence-corrected chi connectivity index (χ0v) is 16.7. The average molecular weight is 358 g/mol. The highest BCUT2D eigenvalue weighted by Gasteiger charge is 2.29. The quantitative estimate of drug-likeness (QED) is 0.809. The van der Waals surface area contributed by atoms with Crippen molar-refractivity contribution in [3.05, 3.63) is 17.5 Å². The summed E-state index contributed by atoms with van der Waals surface area (Å²) < 4.78 is 0. The van der Waals surface area contributed by atoms with Gasteiger partial charge >= 0.3 is 0 Å². The van der Waals surface area contributed by atoms with Gasteiger partial charge in [-0.25, -0.2) is 9.97 Å². The van der Waals surface area contributed by atoms with Crippen LogP contribution in [0, 0.1) is 5.92 Å². The van der Waals surface area contributed by atoms with E-state index in [0.717, 1.165) is 56.9 Å². The molecule has 144 valence electrons. The van der Waals surface area contributed by atoms with Gasteiger partial charge in [-0.05, 0) is 30.7 Å². The molecule has 3 aliphatic rings. The first kappa shape index (κ1) is 18.2. The van der Waals surface area contributed by atoms with Crippen LogP contribution in [0.3, 0.4) is 0 Å². The number of piperazine rings is 1. The second-order valence-electron chi connectivity index (χ2n) is 8.56. The molecule has 3 heterocycles. The summed E-state index contributed by atoms with van der Waals surface area (Å²) in [5.41, 5.74) is 2.66. The third kappa shape index (κ3) is 4.04. The smallest absolute Gasteiger partial charge is 0.225 e. The van der Waals surface area contributed by atoms with E-state index in [1.165, 1.54) is 56.6 Å². The molecule has 26 heavy (non-hydrogen) atoms. The van der Waals surface area contributed by atoms with Crippen LogP contribution >= 0.6 is 0 Å². The van der Waals surface area contributed by atoms with Crippen molar-refractivity contribution in [3.8, 4) is 0 Å². The number of hydrogen-bond acceptors (Lipinski definition) is 5. The lowest BCUT2D eigenvalue weighted by Crippen LogP contribution is -2.52. The lowest BCUT2D eigenvalue weighted by atomic mass is 9.91. The van der Waals surface area contributed by atoms with E-state index >= 15 is 0 Å². The number of hydrogen-bond donors (Lipinski definition) is 0. The zero-order chi connectivity index (χ0) is 17.9. The van der Waals surface area contributed by atoms with Crippen molar-refractivity contribution in [2.45, 2.75) is 58.4 Å². The highest BCUT2D eigenvalue weighted by Crippen LogP contribution is 2.26. The summed E-state index contributed by atoms with van der Waals surface area (Å²) in [4.78, 5) is 17.4. The lowest BCUT2D eigenvalue weighted by Gasteiger charge is -2.43. The van der Waals surface area contributed by atoms with Gasteiger partial charge in [0.05, 0.1) is 5.69 Å². The van der Waals surface area contributed by atoms with Gasteiger partial charge in [-0.2, -0.15) is 0 Å². The Morgan fingerprint density at radius 3 is 2.54 bits per heavy atom. The fourth-order valence-electron chi connectivity index (χ4n) is 4.45. The first-order valence-corrected chi connectivity index (χ1v) is 10.8. The molecule has 2 aliphatic heterocycles. The molecule has 4 rings (SSSR count). The molecule has 0 bridgehead atoms. The van der Waals surface area contributed by atoms with Crippen LogP contribution in [-0.4, -0.2) is 71.6 Å². The van der Waals surface area contributed by atoms with Gasteiger partial charge in [0.1, 0.15) is 0 Å². The molecule has 0 N–H and O–H groups in total. The van der Waals surface area contributed by atoms with Gasteiger partial charge in [0.15, 0.2) is 0 Å². The second-order valence-corrected chi connectivity index (χ2v) is 8.56. The Morgan fingerprint density at radius 2 is 1.85 bits per heavy atom. The lowest BCUT2D eigenvalue weighted by molar-refractivity contribution is 0.120. The molecule has 1 aliphatic carbocycles. The summed E-state index contributed by atoms with van der Waals surface area (Å²) in [5, 5.41) is 0. The van der Waals surface area contributed by atoms with Crippen molar-refractivity contribution in [2.75, 3.05) is 50.7 Å². The van der Waals surface area contributed by atoms with Crippen molar-refractivity contribution >= 4 is 5.95 Å². The number of anilines is 1. The third-order valence-corrected chi connectivity index (χ3v) is 6.76. The summed E-state index contributed by atoms with van der Waals surface area (Å²) in [6, 6.07) is 0.863. The summed E-state index contributed by atoms with van der Waals surface area (Å²) in [6.07, 6.45) is 9.78. The molecular weight excluding hydrogens is 322 g/mol. The van der Waals surface area contributed by atoms with E-state index in [1.807, 2.05) is 0 Å². The summed E-state index contributed by atoms with van der Waals surface area (Å²) in [6.45, 7) is 12.7. The molecule has 0 spiro atoms. The highest BCUT2D eigenvalue weighted by atomic mass is 15.3. The Kier molecular flexibility index (Phi) is 5.75. The van der Waals surface area contributed by atoms with Gasteiger partial charge in [0.25, 0.3) is 0 Å². The molecule has 0 amide bonds. The monoisotopic (exact) mass is 357 g/mol. The van der Waals surface area contributed by atoms with E-state index < -0.39 is 0 Å². The minimum Gasteiger partial charge on any atom is -0.338 e. The molecule has 1 saturated heterocycles. The fraction of sp³-hybridized carbons (Fsp3) is 0.810. The maximum atomic E-state index is 5.00. The zero-order valence-electron chi connectivity index (χ0n) is 16.7. The van der Waals surface area contributed by atoms with Crippen LogP contribution in [0.5, 0.6) is 0 Å². The van der Waals surface area contributed by atoms with Gasteiger partial charge in [-0.15, -0.1) is 0 Å². The van der Waals surface area contributed by atoms with E-state index in [1.54, 1.807) is 0 Å². The van der Waals surface area contributed by atoms with Crippen molar-refractivity contribution in [2.24, 2.45) is 5.92 Å². The van der Waals surface area contributed by atoms with Crippen LogP contribution in [0.25, 0.3) is 0 Å². The molecule has 1 aromatic rings. The van der Waals surface area contributed by atoms with Crippen LogP contribution in [0.4, 0.5) is 5.95 Å². The molecule has 1 unspecified atom stereocenters. The van der Waals surface area contributed by atoms with Crippen LogP contribution in [0.1, 0.15) is 50.8 Å². The van der Waals surface area contributed by atoms with Gasteiger partial charge in [0.2, 0.25) is 5.95 Å². The first-order valence-electron chi connectivity index (χ1n) is 10.8. The van der Waals surface area contributed by atoms with Crippen LogP contribution in [0.15, 0.2) is 6.20 Å². The molecule has 5 nitrogen and oxygen atoms in total. The molecular formula is C21H35N5. The molecule has 2 fully saturated rings. The molecule has 1 saturated carbocycles. The van der Waals surface area contributed by atoms with Crippen LogP contribution < -0.4 is 4.90 Å². The van der Waals surface area contributed by atoms with Crippen LogP contribution in [-0.2, 0) is 12.8 Å². The van der Waals surface area contributed by atoms with Gasteiger partial charge in [-0.1, -0.05) is 26.7 Å². The molecule has 0 radical (unpaired) electrons. The Morgan fingerprint density at radius 1 is 1.08 bits per heavy atom. The molecule has 1 atom stereocenters. The second kappa shape index (κ2) is 8.22. The van der Waals surface area contributed by atoms with Crippen molar-refractivity contribution < 1.29 is 0 Å². The first-order chi connectivity index (χ1) is 12.7. The predicted molar refractivity (Wildman–Crippen MR) is 107 cm³/mol. The largest absolute Gasteiger partial charge is 0.338 e. The fourth-order valence-corrected chi connectivity index (χ4v) is 4.45. The number of nitrogens with zero attached hydrogens (tertiary/aromatic N) is 5. The van der Waals surface area contributed by atoms with Gasteiger partial charge < -0.3 is 9.80 Å². The number of fused-ring (bicyclic) bond motifs is 1. The molecule has 5 heteroatoms. The molecule has 1 aromatic heterocycles. The Labute approximate surface area is 158 Å². The third-order valence-electron chi connectivity index (χ3n) is 6.76. The predicted octanol–water partition coefficient (Wildman–Crippen LogP) is 2.60. The minimum absolute atomic E-state index is 0.782. The summed E-state index contributed by atoms with van der Waals surface area (Å²) in [7, 11) is 0. The standard InChI is InChI=1S/C21H35N5/c1-3-17(2)16-24-9-7-18-15-22-21(23-20(18)8-10-24)26-13-11-25(12-14-26)19-5-4-6-19/h15,17,19H,3-14,16H2,1-2H3. The highest BCUT2D eigenvalue weighted by molar-refractivity contribution is 5.34. The summed E-state index contributed by atoms with van der Waals surface area (Å²) >= 11 is 0. The SMILES string of the molecule is CCC(C)CN1CCc2cnc(N3CCN(C4CCC4)CC3)nc2CC1. The Bertz CT molecular complexity index is 592. The Balaban J connectivity index is 1.36. The topological polar surface area (TPSA) is 35.5 Å². The van der Waals surface area contributed by atoms with E-state index in [2.05, 4.69) is 34.7 Å². The van der Waals surface area contributed by atoms with Crippen molar-refractivity contribution in [1.29, 1.82) is 0 Å². The van der Waals surface area contributed by atoms with E-state index in [0.29, 0.717) is 0 Å². The minimum atomic E-state index is 0.782. The van der Waals surface area contributed by atoms with Crippen LogP contribution in [0.2, 0.25) is 0 Å². The van der Waals surface area contributed by atoms with E-state index in [9.17, 15) is 0 Å². The number of aromatic nitrogens is 2. The normalized spacial score (nSPS) is 24.0. The van der Waals surface area contributed by atoms with Gasteiger partial charge in [0, 0.05) is 64.5 Å². The maximum absolute atomic E-state index is 5.00. The molecule has 0 aromatic carbocycles. The average Bonchev–Trinajstić information content (AvgIpc) is 2.83. The van der Waals surface area contributed by atoms with E-state index in [-0.39, 0.29) is 0 Å². The summed E-state index contributed by atoms with van der Waals surface area (Å²) in [5.74, 6) is 1.75.